The van der Waals surface area contributed by atoms with Crippen molar-refractivity contribution in [2.24, 2.45) is 5.41 Å². The predicted molar refractivity (Wildman–Crippen MR) is 63.0 cm³/mol. The number of ether oxygens (including phenoxy) is 2. The van der Waals surface area contributed by atoms with Crippen LogP contribution in [0.1, 0.15) is 13.8 Å². The Labute approximate surface area is 93.9 Å². The van der Waals surface area contributed by atoms with E-state index in [1.54, 1.807) is 14.2 Å². The van der Waals surface area contributed by atoms with Gasteiger partial charge in [0.15, 0.2) is 6.29 Å². The summed E-state index contributed by atoms with van der Waals surface area (Å²) in [4.78, 5) is 2.20. The SMILES string of the molecule is COC(CNCC(C)(C)CN(C)C)OC. The maximum Gasteiger partial charge on any atom is 0.169 e. The average Bonchev–Trinajstić information content (AvgIpc) is 2.10. The predicted octanol–water partition coefficient (Wildman–Crippen LogP) is 0.783. The van der Waals surface area contributed by atoms with Crippen LogP contribution in [0.5, 0.6) is 0 Å². The molecule has 0 spiro atoms. The highest BCUT2D eigenvalue weighted by Gasteiger charge is 2.18. The van der Waals surface area contributed by atoms with E-state index >= 15 is 0 Å². The quantitative estimate of drug-likeness (QED) is 0.611. The molecule has 0 aromatic rings. The molecule has 0 aromatic carbocycles. The van der Waals surface area contributed by atoms with Crippen molar-refractivity contribution in [3.8, 4) is 0 Å². The third kappa shape index (κ3) is 7.73. The van der Waals surface area contributed by atoms with Crippen LogP contribution in [0.2, 0.25) is 0 Å². The summed E-state index contributed by atoms with van der Waals surface area (Å²) in [6, 6.07) is 0. The molecule has 0 unspecified atom stereocenters. The monoisotopic (exact) mass is 218 g/mol. The summed E-state index contributed by atoms with van der Waals surface area (Å²) < 4.78 is 10.2. The zero-order valence-corrected chi connectivity index (χ0v) is 11.0. The van der Waals surface area contributed by atoms with Crippen LogP contribution in [-0.2, 0) is 9.47 Å². The van der Waals surface area contributed by atoms with Crippen LogP contribution in [0.15, 0.2) is 0 Å². The molecule has 0 heterocycles. The third-order valence-corrected chi connectivity index (χ3v) is 2.18. The van der Waals surface area contributed by atoms with Crippen molar-refractivity contribution in [3.63, 3.8) is 0 Å². The van der Waals surface area contributed by atoms with E-state index in [4.69, 9.17) is 9.47 Å². The zero-order valence-electron chi connectivity index (χ0n) is 11.0. The van der Waals surface area contributed by atoms with Crippen LogP contribution >= 0.6 is 0 Å². The average molecular weight is 218 g/mol. The van der Waals surface area contributed by atoms with Gasteiger partial charge in [0.25, 0.3) is 0 Å². The van der Waals surface area contributed by atoms with Crippen molar-refractivity contribution < 1.29 is 9.47 Å². The Morgan fingerprint density at radius 3 is 2.13 bits per heavy atom. The molecule has 0 rings (SSSR count). The molecule has 0 aliphatic rings. The van der Waals surface area contributed by atoms with E-state index in [0.717, 1.165) is 19.6 Å². The molecule has 4 heteroatoms. The maximum absolute atomic E-state index is 5.10. The van der Waals surface area contributed by atoms with E-state index in [2.05, 4.69) is 38.2 Å². The van der Waals surface area contributed by atoms with Gasteiger partial charge in [-0.25, -0.2) is 0 Å². The lowest BCUT2D eigenvalue weighted by Gasteiger charge is -2.29. The Hall–Kier alpha value is -0.160. The van der Waals surface area contributed by atoms with E-state index in [1.165, 1.54) is 0 Å². The van der Waals surface area contributed by atoms with Crippen molar-refractivity contribution in [1.82, 2.24) is 10.2 Å². The van der Waals surface area contributed by atoms with Gasteiger partial charge >= 0.3 is 0 Å². The summed E-state index contributed by atoms with van der Waals surface area (Å²) in [5, 5.41) is 3.36. The number of nitrogens with zero attached hydrogens (tertiary/aromatic N) is 1. The van der Waals surface area contributed by atoms with E-state index in [9.17, 15) is 0 Å². The second kappa shape index (κ2) is 7.17. The van der Waals surface area contributed by atoms with Gasteiger partial charge in [0.1, 0.15) is 0 Å². The molecule has 0 atom stereocenters. The molecule has 0 saturated heterocycles. The molecule has 0 aliphatic carbocycles. The smallest absolute Gasteiger partial charge is 0.169 e. The number of nitrogens with one attached hydrogen (secondary N) is 1. The Kier molecular flexibility index (Phi) is 7.09. The Morgan fingerprint density at radius 1 is 1.20 bits per heavy atom. The molecular weight excluding hydrogens is 192 g/mol. The first kappa shape index (κ1) is 14.8. The molecule has 0 bridgehead atoms. The third-order valence-electron chi connectivity index (χ3n) is 2.18. The highest BCUT2D eigenvalue weighted by Crippen LogP contribution is 2.13. The molecule has 0 aliphatic heterocycles. The topological polar surface area (TPSA) is 33.7 Å². The van der Waals surface area contributed by atoms with Crippen LogP contribution in [0, 0.1) is 5.41 Å². The zero-order chi connectivity index (χ0) is 11.9. The molecule has 0 amide bonds. The van der Waals surface area contributed by atoms with Crippen LogP contribution in [0.4, 0.5) is 0 Å². The van der Waals surface area contributed by atoms with Crippen molar-refractivity contribution in [1.29, 1.82) is 0 Å². The van der Waals surface area contributed by atoms with Gasteiger partial charge < -0.3 is 19.7 Å². The van der Waals surface area contributed by atoms with Crippen molar-refractivity contribution >= 4 is 0 Å². The number of hydrogen-bond donors (Lipinski definition) is 1. The van der Waals surface area contributed by atoms with Gasteiger partial charge in [0.2, 0.25) is 0 Å². The van der Waals surface area contributed by atoms with E-state index < -0.39 is 0 Å². The molecule has 0 fully saturated rings. The molecule has 15 heavy (non-hydrogen) atoms. The van der Waals surface area contributed by atoms with Gasteiger partial charge in [-0.05, 0) is 19.5 Å². The van der Waals surface area contributed by atoms with Crippen LogP contribution in [0.3, 0.4) is 0 Å². The highest BCUT2D eigenvalue weighted by molar-refractivity contribution is 4.74. The standard InChI is InChI=1S/C11H26N2O2/c1-11(2,9-13(3)4)8-12-7-10(14-5)15-6/h10,12H,7-9H2,1-6H3. The first-order chi connectivity index (χ1) is 6.91. The molecule has 0 saturated carbocycles. The molecular formula is C11H26N2O2. The number of hydrogen-bond acceptors (Lipinski definition) is 4. The van der Waals surface area contributed by atoms with Crippen LogP contribution in [0.25, 0.3) is 0 Å². The summed E-state index contributed by atoms with van der Waals surface area (Å²) in [5.74, 6) is 0. The fourth-order valence-electron chi connectivity index (χ4n) is 1.70. The Bertz CT molecular complexity index is 157. The first-order valence-electron chi connectivity index (χ1n) is 5.32. The van der Waals surface area contributed by atoms with Crippen LogP contribution < -0.4 is 5.32 Å². The van der Waals surface area contributed by atoms with Crippen molar-refractivity contribution in [2.45, 2.75) is 20.1 Å². The Morgan fingerprint density at radius 2 is 1.73 bits per heavy atom. The van der Waals surface area contributed by atoms with Gasteiger partial charge in [0.05, 0.1) is 0 Å². The molecule has 92 valence electrons. The maximum atomic E-state index is 5.10. The molecule has 4 nitrogen and oxygen atoms in total. The van der Waals surface area contributed by atoms with Gasteiger partial charge in [-0.1, -0.05) is 13.8 Å². The largest absolute Gasteiger partial charge is 0.355 e. The number of rotatable bonds is 8. The molecule has 1 N–H and O–H groups in total. The lowest BCUT2D eigenvalue weighted by Crippen LogP contribution is -2.40. The first-order valence-corrected chi connectivity index (χ1v) is 5.32. The normalized spacial score (nSPS) is 12.8. The van der Waals surface area contributed by atoms with E-state index in [-0.39, 0.29) is 11.7 Å². The lowest BCUT2D eigenvalue weighted by atomic mass is 9.93. The fraction of sp³-hybridized carbons (Fsp3) is 1.00. The fourth-order valence-corrected chi connectivity index (χ4v) is 1.70. The van der Waals surface area contributed by atoms with Gasteiger partial charge in [-0.2, -0.15) is 0 Å². The van der Waals surface area contributed by atoms with E-state index in [1.807, 2.05) is 0 Å². The minimum Gasteiger partial charge on any atom is -0.355 e. The summed E-state index contributed by atoms with van der Waals surface area (Å²) in [5.41, 5.74) is 0.259. The molecule has 0 radical (unpaired) electrons. The highest BCUT2D eigenvalue weighted by atomic mass is 16.7. The second-order valence-electron chi connectivity index (χ2n) is 4.93. The minimum atomic E-state index is -0.153. The van der Waals surface area contributed by atoms with Crippen LogP contribution in [-0.4, -0.2) is 59.1 Å². The summed E-state index contributed by atoms with van der Waals surface area (Å²) >= 11 is 0. The van der Waals surface area contributed by atoms with Gasteiger partial charge in [-0.15, -0.1) is 0 Å². The van der Waals surface area contributed by atoms with Crippen molar-refractivity contribution in [2.75, 3.05) is 47.9 Å². The second-order valence-corrected chi connectivity index (χ2v) is 4.93. The van der Waals surface area contributed by atoms with Gasteiger partial charge in [-0.3, -0.25) is 0 Å². The summed E-state index contributed by atoms with van der Waals surface area (Å²) in [6.45, 7) is 7.23. The van der Waals surface area contributed by atoms with Gasteiger partial charge in [0, 0.05) is 33.9 Å². The minimum absolute atomic E-state index is 0.153. The van der Waals surface area contributed by atoms with Crippen molar-refractivity contribution in [3.05, 3.63) is 0 Å². The molecule has 0 aromatic heterocycles. The number of methoxy groups -OCH3 is 2. The summed E-state index contributed by atoms with van der Waals surface area (Å²) in [6.07, 6.45) is -0.153. The lowest BCUT2D eigenvalue weighted by molar-refractivity contribution is -0.0994. The summed E-state index contributed by atoms with van der Waals surface area (Å²) in [7, 11) is 7.49. The van der Waals surface area contributed by atoms with E-state index in [0.29, 0.717) is 0 Å². The Balaban J connectivity index is 3.73.